The Kier molecular flexibility index (Phi) is 6.01. The van der Waals surface area contributed by atoms with Crippen molar-refractivity contribution >= 4 is 34.6 Å². The fraction of sp³-hybridized carbons (Fsp3) is 0.143. The van der Waals surface area contributed by atoms with Crippen LogP contribution in [-0.2, 0) is 0 Å². The van der Waals surface area contributed by atoms with Gasteiger partial charge in [-0.05, 0) is 55.0 Å². The molecule has 0 atom stereocenters. The number of carbonyl (C=O) groups excluding carboxylic acids is 1. The number of hydrogen-bond acceptors (Lipinski definition) is 5. The van der Waals surface area contributed by atoms with Crippen molar-refractivity contribution in [1.29, 1.82) is 0 Å². The van der Waals surface area contributed by atoms with Crippen LogP contribution in [0.4, 0.5) is 17.1 Å². The fourth-order valence-electron chi connectivity index (χ4n) is 2.56. The highest BCUT2D eigenvalue weighted by atomic mass is 35.5. The number of benzene rings is 2. The summed E-state index contributed by atoms with van der Waals surface area (Å²) in [5.41, 5.74) is 3.38. The molecule has 7 heteroatoms. The molecule has 6 nitrogen and oxygen atoms in total. The number of halogens is 1. The monoisotopic (exact) mass is 397 g/mol. The Bertz CT molecular complexity index is 973. The van der Waals surface area contributed by atoms with Gasteiger partial charge in [-0.2, -0.15) is 0 Å². The molecule has 1 amide bonds. The lowest BCUT2D eigenvalue weighted by molar-refractivity contribution is 0.102. The Morgan fingerprint density at radius 3 is 2.32 bits per heavy atom. The van der Waals surface area contributed by atoms with E-state index in [2.05, 4.69) is 15.6 Å². The molecule has 144 valence electrons. The maximum absolute atomic E-state index is 12.4. The van der Waals surface area contributed by atoms with Gasteiger partial charge in [-0.25, -0.2) is 4.98 Å². The van der Waals surface area contributed by atoms with E-state index < -0.39 is 0 Å². The quantitative estimate of drug-likeness (QED) is 0.608. The number of anilines is 3. The average molecular weight is 398 g/mol. The minimum atomic E-state index is -0.295. The molecular weight excluding hydrogens is 378 g/mol. The normalized spacial score (nSPS) is 10.3. The van der Waals surface area contributed by atoms with Crippen molar-refractivity contribution < 1.29 is 14.3 Å². The highest BCUT2D eigenvalue weighted by molar-refractivity contribution is 6.31. The third-order valence-corrected chi connectivity index (χ3v) is 4.51. The first kappa shape index (κ1) is 19.5. The van der Waals surface area contributed by atoms with Gasteiger partial charge >= 0.3 is 0 Å². The molecule has 0 aliphatic rings. The Balaban J connectivity index is 1.71. The number of rotatable bonds is 6. The molecule has 0 unspecified atom stereocenters. The van der Waals surface area contributed by atoms with Gasteiger partial charge in [-0.3, -0.25) is 4.79 Å². The predicted molar refractivity (Wildman–Crippen MR) is 111 cm³/mol. The summed E-state index contributed by atoms with van der Waals surface area (Å²) < 4.78 is 10.5. The maximum atomic E-state index is 12.4. The molecule has 0 bridgehead atoms. The minimum absolute atomic E-state index is 0.295. The molecule has 1 heterocycles. The van der Waals surface area contributed by atoms with E-state index in [-0.39, 0.29) is 5.91 Å². The van der Waals surface area contributed by atoms with Crippen molar-refractivity contribution in [3.63, 3.8) is 0 Å². The molecule has 0 fully saturated rings. The second kappa shape index (κ2) is 8.63. The molecule has 0 aliphatic carbocycles. The smallest absolute Gasteiger partial charge is 0.274 e. The first-order chi connectivity index (χ1) is 13.5. The molecule has 0 aliphatic heterocycles. The van der Waals surface area contributed by atoms with E-state index in [9.17, 15) is 4.79 Å². The Labute approximate surface area is 168 Å². The van der Waals surface area contributed by atoms with Crippen LogP contribution in [0, 0.1) is 6.92 Å². The van der Waals surface area contributed by atoms with E-state index in [1.165, 1.54) is 0 Å². The highest BCUT2D eigenvalue weighted by Crippen LogP contribution is 2.32. The van der Waals surface area contributed by atoms with Crippen molar-refractivity contribution in [2.75, 3.05) is 24.9 Å². The zero-order valence-electron chi connectivity index (χ0n) is 15.7. The fourth-order valence-corrected chi connectivity index (χ4v) is 2.71. The summed E-state index contributed by atoms with van der Waals surface area (Å²) in [6.45, 7) is 1.91. The number of carbonyl (C=O) groups is 1. The number of ether oxygens (including phenoxy) is 2. The van der Waals surface area contributed by atoms with Gasteiger partial charge in [-0.1, -0.05) is 11.6 Å². The third-order valence-electron chi connectivity index (χ3n) is 4.10. The summed E-state index contributed by atoms with van der Waals surface area (Å²) in [7, 11) is 3.17. The van der Waals surface area contributed by atoms with Crippen LogP contribution < -0.4 is 20.1 Å². The summed E-state index contributed by atoms with van der Waals surface area (Å²) in [5.74, 6) is 1.05. The van der Waals surface area contributed by atoms with Crippen molar-refractivity contribution in [2.24, 2.45) is 0 Å². The third kappa shape index (κ3) is 4.53. The van der Waals surface area contributed by atoms with Gasteiger partial charge in [0.25, 0.3) is 5.91 Å². The molecule has 3 rings (SSSR count). The van der Waals surface area contributed by atoms with Gasteiger partial charge in [0.05, 0.1) is 31.8 Å². The summed E-state index contributed by atoms with van der Waals surface area (Å²) in [6, 6.07) is 14.2. The van der Waals surface area contributed by atoms with Crippen LogP contribution >= 0.6 is 11.6 Å². The van der Waals surface area contributed by atoms with E-state index in [1.807, 2.05) is 13.0 Å². The number of aryl methyl sites for hydroxylation is 1. The van der Waals surface area contributed by atoms with E-state index in [1.54, 1.807) is 62.9 Å². The summed E-state index contributed by atoms with van der Waals surface area (Å²) in [4.78, 5) is 16.6. The van der Waals surface area contributed by atoms with E-state index in [0.717, 1.165) is 22.7 Å². The van der Waals surface area contributed by atoms with Crippen LogP contribution in [0.5, 0.6) is 11.5 Å². The first-order valence-electron chi connectivity index (χ1n) is 8.53. The average Bonchev–Trinajstić information content (AvgIpc) is 2.71. The van der Waals surface area contributed by atoms with Gasteiger partial charge < -0.3 is 20.1 Å². The molecule has 2 aromatic carbocycles. The number of methoxy groups -OCH3 is 2. The van der Waals surface area contributed by atoms with Crippen molar-refractivity contribution in [3.8, 4) is 11.5 Å². The van der Waals surface area contributed by atoms with Gasteiger partial charge in [0.15, 0.2) is 0 Å². The molecule has 3 aromatic rings. The second-order valence-electron chi connectivity index (χ2n) is 6.04. The van der Waals surface area contributed by atoms with Crippen LogP contribution in [-0.4, -0.2) is 25.1 Å². The van der Waals surface area contributed by atoms with Crippen LogP contribution in [0.15, 0.2) is 54.7 Å². The number of nitrogens with one attached hydrogen (secondary N) is 2. The van der Waals surface area contributed by atoms with Gasteiger partial charge in [-0.15, -0.1) is 0 Å². The van der Waals surface area contributed by atoms with Crippen LogP contribution in [0.2, 0.25) is 5.02 Å². The second-order valence-corrected chi connectivity index (χ2v) is 6.45. The molecule has 0 spiro atoms. The zero-order chi connectivity index (χ0) is 20.1. The van der Waals surface area contributed by atoms with Gasteiger partial charge in [0.2, 0.25) is 0 Å². The standard InChI is InChI=1S/C21H20ClN3O3/c1-13-10-19(20(28-3)11-17(13)22)24-15-6-9-18(23-12-15)21(26)25-14-4-7-16(27-2)8-5-14/h4-12,24H,1-3H3,(H,25,26). The number of nitrogens with zero attached hydrogens (tertiary/aromatic N) is 1. The number of amides is 1. The number of aromatic nitrogens is 1. The molecule has 1 aromatic heterocycles. The summed E-state index contributed by atoms with van der Waals surface area (Å²) in [6.07, 6.45) is 1.59. The predicted octanol–water partition coefficient (Wildman–Crippen LogP) is 5.06. The van der Waals surface area contributed by atoms with Crippen LogP contribution in [0.1, 0.15) is 16.1 Å². The Morgan fingerprint density at radius 1 is 1.00 bits per heavy atom. The summed E-state index contributed by atoms with van der Waals surface area (Å²) in [5, 5.41) is 6.66. The van der Waals surface area contributed by atoms with Gasteiger partial charge in [0.1, 0.15) is 17.2 Å². The van der Waals surface area contributed by atoms with Crippen LogP contribution in [0.25, 0.3) is 0 Å². The number of hydrogen-bond donors (Lipinski definition) is 2. The van der Waals surface area contributed by atoms with Crippen molar-refractivity contribution in [3.05, 3.63) is 71.0 Å². The molecular formula is C21H20ClN3O3. The van der Waals surface area contributed by atoms with E-state index in [4.69, 9.17) is 21.1 Å². The lowest BCUT2D eigenvalue weighted by Gasteiger charge is -2.13. The van der Waals surface area contributed by atoms with Crippen LogP contribution in [0.3, 0.4) is 0 Å². The Hall–Kier alpha value is -3.25. The lowest BCUT2D eigenvalue weighted by atomic mass is 10.2. The highest BCUT2D eigenvalue weighted by Gasteiger charge is 2.10. The van der Waals surface area contributed by atoms with Gasteiger partial charge in [0, 0.05) is 16.8 Å². The zero-order valence-corrected chi connectivity index (χ0v) is 16.5. The SMILES string of the molecule is COc1ccc(NC(=O)c2ccc(Nc3cc(C)c(Cl)cc3OC)cn2)cc1. The van der Waals surface area contributed by atoms with Crippen molar-refractivity contribution in [2.45, 2.75) is 6.92 Å². The molecule has 0 saturated heterocycles. The molecule has 2 N–H and O–H groups in total. The van der Waals surface area contributed by atoms with E-state index in [0.29, 0.717) is 22.2 Å². The molecule has 0 saturated carbocycles. The molecule has 28 heavy (non-hydrogen) atoms. The number of pyridine rings is 1. The topological polar surface area (TPSA) is 72.5 Å². The summed E-state index contributed by atoms with van der Waals surface area (Å²) >= 11 is 6.14. The first-order valence-corrected chi connectivity index (χ1v) is 8.90. The van der Waals surface area contributed by atoms with E-state index >= 15 is 0 Å². The Morgan fingerprint density at radius 2 is 1.71 bits per heavy atom. The largest absolute Gasteiger partial charge is 0.497 e. The maximum Gasteiger partial charge on any atom is 0.274 e. The lowest BCUT2D eigenvalue weighted by Crippen LogP contribution is -2.13. The molecule has 0 radical (unpaired) electrons. The minimum Gasteiger partial charge on any atom is -0.497 e. The van der Waals surface area contributed by atoms with Crippen molar-refractivity contribution in [1.82, 2.24) is 4.98 Å².